The summed E-state index contributed by atoms with van der Waals surface area (Å²) in [6.45, 7) is 0. The van der Waals surface area contributed by atoms with Gasteiger partial charge < -0.3 is 15.6 Å². The van der Waals surface area contributed by atoms with Gasteiger partial charge in [-0.1, -0.05) is 0 Å². The van der Waals surface area contributed by atoms with E-state index in [-0.39, 0.29) is 12.2 Å². The molecule has 1 aromatic rings. The topological polar surface area (TPSA) is 79.3 Å². The van der Waals surface area contributed by atoms with Crippen LogP contribution in [0.2, 0.25) is 0 Å². The molecule has 0 unspecified atom stereocenters. The van der Waals surface area contributed by atoms with E-state index in [9.17, 15) is 5.11 Å². The number of nitriles is 1. The molecule has 1 atom stereocenters. The second-order valence-corrected chi connectivity index (χ2v) is 4.70. The summed E-state index contributed by atoms with van der Waals surface area (Å²) in [4.78, 5) is 0. The van der Waals surface area contributed by atoms with Gasteiger partial charge in [0.05, 0.1) is 24.1 Å². The minimum atomic E-state index is -0.426. The zero-order valence-corrected chi connectivity index (χ0v) is 11.7. The zero-order valence-electron chi connectivity index (χ0n) is 8.50. The van der Waals surface area contributed by atoms with E-state index >= 15 is 0 Å². The molecule has 6 heteroatoms. The molecule has 1 aromatic carbocycles. The Morgan fingerprint density at radius 2 is 2.19 bits per heavy atom. The molecule has 0 aliphatic rings. The van der Waals surface area contributed by atoms with E-state index in [0.29, 0.717) is 20.3 Å². The SMILES string of the molecule is COc1cc([C@@H](N)CC#N)c(Br)c(Br)c1O. The molecule has 0 bridgehead atoms. The van der Waals surface area contributed by atoms with Crippen molar-refractivity contribution in [2.75, 3.05) is 7.11 Å². The van der Waals surface area contributed by atoms with Gasteiger partial charge in [0.25, 0.3) is 0 Å². The second-order valence-electron chi connectivity index (χ2n) is 3.11. The fourth-order valence-electron chi connectivity index (χ4n) is 1.25. The maximum atomic E-state index is 9.71. The Balaban J connectivity index is 3.30. The summed E-state index contributed by atoms with van der Waals surface area (Å²) in [6.07, 6.45) is 0.193. The molecule has 4 nitrogen and oxygen atoms in total. The van der Waals surface area contributed by atoms with Crippen molar-refractivity contribution >= 4 is 31.9 Å². The van der Waals surface area contributed by atoms with Gasteiger partial charge in [-0.2, -0.15) is 5.26 Å². The molecular formula is C10H10Br2N2O2. The molecule has 0 saturated carbocycles. The number of benzene rings is 1. The highest BCUT2D eigenvalue weighted by Crippen LogP contribution is 2.43. The van der Waals surface area contributed by atoms with Crippen LogP contribution in [-0.2, 0) is 0 Å². The van der Waals surface area contributed by atoms with E-state index in [2.05, 4.69) is 31.9 Å². The Hall–Kier alpha value is -0.770. The van der Waals surface area contributed by atoms with Crippen LogP contribution in [0.4, 0.5) is 0 Å². The van der Waals surface area contributed by atoms with Crippen molar-refractivity contribution < 1.29 is 9.84 Å². The van der Waals surface area contributed by atoms with Crippen molar-refractivity contribution in [1.82, 2.24) is 0 Å². The molecule has 0 aromatic heterocycles. The predicted molar refractivity (Wildman–Crippen MR) is 67.2 cm³/mol. The van der Waals surface area contributed by atoms with Crippen molar-refractivity contribution in [1.29, 1.82) is 5.26 Å². The van der Waals surface area contributed by atoms with Crippen LogP contribution in [0.1, 0.15) is 18.0 Å². The fraction of sp³-hybridized carbons (Fsp3) is 0.300. The molecule has 0 fully saturated rings. The average molecular weight is 350 g/mol. The third kappa shape index (κ3) is 2.48. The highest BCUT2D eigenvalue weighted by atomic mass is 79.9. The third-order valence-corrected chi connectivity index (χ3v) is 4.26. The summed E-state index contributed by atoms with van der Waals surface area (Å²) in [5, 5.41) is 18.3. The largest absolute Gasteiger partial charge is 0.503 e. The maximum absolute atomic E-state index is 9.71. The molecule has 86 valence electrons. The van der Waals surface area contributed by atoms with Crippen molar-refractivity contribution in [3.63, 3.8) is 0 Å². The Morgan fingerprint density at radius 1 is 1.56 bits per heavy atom. The van der Waals surface area contributed by atoms with Crippen molar-refractivity contribution in [3.8, 4) is 17.6 Å². The average Bonchev–Trinajstić information content (AvgIpc) is 2.27. The van der Waals surface area contributed by atoms with Gasteiger partial charge in [-0.3, -0.25) is 0 Å². The maximum Gasteiger partial charge on any atom is 0.173 e. The lowest BCUT2D eigenvalue weighted by Gasteiger charge is -2.15. The van der Waals surface area contributed by atoms with Crippen LogP contribution in [0.3, 0.4) is 0 Å². The van der Waals surface area contributed by atoms with Crippen LogP contribution < -0.4 is 10.5 Å². The molecule has 1 rings (SSSR count). The molecule has 0 spiro atoms. The minimum Gasteiger partial charge on any atom is -0.503 e. The molecule has 0 aliphatic heterocycles. The fourth-order valence-corrected chi connectivity index (χ4v) is 2.27. The lowest BCUT2D eigenvalue weighted by atomic mass is 10.0. The number of hydrogen-bond donors (Lipinski definition) is 2. The second kappa shape index (κ2) is 5.53. The van der Waals surface area contributed by atoms with Crippen LogP contribution in [0.15, 0.2) is 15.0 Å². The number of ether oxygens (including phenoxy) is 1. The van der Waals surface area contributed by atoms with Crippen LogP contribution in [0.25, 0.3) is 0 Å². The summed E-state index contributed by atoms with van der Waals surface area (Å²) in [7, 11) is 1.45. The van der Waals surface area contributed by atoms with Crippen LogP contribution in [-0.4, -0.2) is 12.2 Å². The highest BCUT2D eigenvalue weighted by Gasteiger charge is 2.18. The lowest BCUT2D eigenvalue weighted by molar-refractivity contribution is 0.370. The van der Waals surface area contributed by atoms with Gasteiger partial charge in [-0.15, -0.1) is 0 Å². The van der Waals surface area contributed by atoms with E-state index in [0.717, 1.165) is 0 Å². The van der Waals surface area contributed by atoms with E-state index in [1.165, 1.54) is 7.11 Å². The van der Waals surface area contributed by atoms with Crippen molar-refractivity contribution in [2.24, 2.45) is 5.73 Å². The molecule has 0 amide bonds. The molecule has 0 saturated heterocycles. The Bertz CT molecular complexity index is 443. The molecule has 0 aliphatic carbocycles. The van der Waals surface area contributed by atoms with Gasteiger partial charge in [-0.25, -0.2) is 0 Å². The van der Waals surface area contributed by atoms with Gasteiger partial charge in [0.15, 0.2) is 11.5 Å². The minimum absolute atomic E-state index is 0.00211. The van der Waals surface area contributed by atoms with Gasteiger partial charge in [0, 0.05) is 10.5 Å². The quantitative estimate of drug-likeness (QED) is 0.879. The summed E-state index contributed by atoms with van der Waals surface area (Å²) >= 11 is 6.54. The van der Waals surface area contributed by atoms with Crippen molar-refractivity contribution in [3.05, 3.63) is 20.6 Å². The molecule has 0 heterocycles. The van der Waals surface area contributed by atoms with Gasteiger partial charge in [-0.05, 0) is 43.5 Å². The molecular weight excluding hydrogens is 340 g/mol. The Kier molecular flexibility index (Phi) is 4.59. The van der Waals surface area contributed by atoms with E-state index in [1.54, 1.807) is 6.07 Å². The van der Waals surface area contributed by atoms with Crippen molar-refractivity contribution in [2.45, 2.75) is 12.5 Å². The first-order chi connectivity index (χ1) is 7.52. The number of aromatic hydroxyl groups is 1. The number of phenolic OH excluding ortho intramolecular Hbond substituents is 1. The monoisotopic (exact) mass is 348 g/mol. The van der Waals surface area contributed by atoms with E-state index in [1.807, 2.05) is 6.07 Å². The Morgan fingerprint density at radius 3 is 2.69 bits per heavy atom. The number of phenols is 1. The number of halogens is 2. The number of nitrogens with zero attached hydrogens (tertiary/aromatic N) is 1. The predicted octanol–water partition coefficient (Wildman–Crippen LogP) is 2.84. The number of hydrogen-bond acceptors (Lipinski definition) is 4. The summed E-state index contributed by atoms with van der Waals surface area (Å²) in [5.41, 5.74) is 6.55. The first-order valence-electron chi connectivity index (χ1n) is 4.40. The first-order valence-corrected chi connectivity index (χ1v) is 5.98. The lowest BCUT2D eigenvalue weighted by Crippen LogP contribution is -2.10. The Labute approximate surface area is 110 Å². The molecule has 3 N–H and O–H groups in total. The summed E-state index contributed by atoms with van der Waals surface area (Å²) in [5.74, 6) is 0.320. The van der Waals surface area contributed by atoms with Gasteiger partial charge in [0.1, 0.15) is 0 Å². The summed E-state index contributed by atoms with van der Waals surface area (Å²) in [6, 6.07) is 3.19. The normalized spacial score (nSPS) is 11.9. The number of methoxy groups -OCH3 is 1. The smallest absolute Gasteiger partial charge is 0.173 e. The highest BCUT2D eigenvalue weighted by molar-refractivity contribution is 9.13. The van der Waals surface area contributed by atoms with E-state index in [4.69, 9.17) is 15.7 Å². The van der Waals surface area contributed by atoms with Gasteiger partial charge in [0.2, 0.25) is 0 Å². The standard InChI is InChI=1S/C10H10Br2N2O2/c1-16-7-4-5(6(14)2-3-13)8(11)9(12)10(7)15/h4,6,15H,2,14H2,1H3/t6-/m0/s1. The molecule has 16 heavy (non-hydrogen) atoms. The van der Waals surface area contributed by atoms with E-state index < -0.39 is 6.04 Å². The van der Waals surface area contributed by atoms with Crippen LogP contribution in [0, 0.1) is 11.3 Å². The molecule has 0 radical (unpaired) electrons. The van der Waals surface area contributed by atoms with Crippen LogP contribution in [0.5, 0.6) is 11.5 Å². The third-order valence-electron chi connectivity index (χ3n) is 2.10. The first kappa shape index (κ1) is 13.3. The number of rotatable bonds is 3. The summed E-state index contributed by atoms with van der Waals surface area (Å²) < 4.78 is 6.11. The van der Waals surface area contributed by atoms with Gasteiger partial charge >= 0.3 is 0 Å². The number of nitrogens with two attached hydrogens (primary N) is 1. The van der Waals surface area contributed by atoms with Crippen LogP contribution >= 0.6 is 31.9 Å². The zero-order chi connectivity index (χ0) is 12.3.